The number of rotatable bonds is 18. The Kier molecular flexibility index (Phi) is 12.4. The first-order valence-electron chi connectivity index (χ1n) is 14.2. The van der Waals surface area contributed by atoms with E-state index < -0.39 is 53.8 Å². The van der Waals surface area contributed by atoms with E-state index in [0.717, 1.165) is 10.9 Å². The van der Waals surface area contributed by atoms with Crippen LogP contribution in [-0.4, -0.2) is 86.3 Å². The molecule has 2 aromatic heterocycles. The second kappa shape index (κ2) is 16.4. The normalized spacial score (nSPS) is 13.6. The monoisotopic (exact) mass is 625 g/mol. The Labute approximate surface area is 258 Å². The summed E-state index contributed by atoms with van der Waals surface area (Å²) < 4.78 is 0. The Morgan fingerprint density at radius 1 is 0.889 bits per heavy atom. The number of aliphatic imine (C=N–C) groups is 1. The number of guanidine groups is 1. The number of amides is 4. The van der Waals surface area contributed by atoms with Crippen molar-refractivity contribution in [3.63, 3.8) is 0 Å². The second-order valence-electron chi connectivity index (χ2n) is 10.4. The van der Waals surface area contributed by atoms with Gasteiger partial charge in [-0.25, -0.2) is 9.78 Å². The average Bonchev–Trinajstić information content (AvgIpc) is 3.65. The minimum absolute atomic E-state index is 0.0121. The van der Waals surface area contributed by atoms with Crippen LogP contribution in [0, 0.1) is 0 Å². The highest BCUT2D eigenvalue weighted by Crippen LogP contribution is 2.19. The summed E-state index contributed by atoms with van der Waals surface area (Å²) in [6, 6.07) is 2.45. The molecule has 0 aliphatic carbocycles. The summed E-state index contributed by atoms with van der Waals surface area (Å²) in [6.07, 6.45) is 4.54. The van der Waals surface area contributed by atoms with Gasteiger partial charge in [0, 0.05) is 54.8 Å². The lowest BCUT2D eigenvalue weighted by atomic mass is 10.0. The Balaban J connectivity index is 1.80. The predicted molar refractivity (Wildman–Crippen MR) is 164 cm³/mol. The molecule has 4 unspecified atom stereocenters. The Bertz CT molecular complexity index is 1500. The smallest absolute Gasteiger partial charge is 0.326 e. The number of carbonyl (C=O) groups is 5. The molecule has 1 aromatic carbocycles. The first-order chi connectivity index (χ1) is 21.4. The van der Waals surface area contributed by atoms with E-state index >= 15 is 0 Å². The molecule has 0 radical (unpaired) electrons. The number of hydrogen-bond acceptors (Lipinski definition) is 8. The van der Waals surface area contributed by atoms with Crippen molar-refractivity contribution in [2.24, 2.45) is 27.9 Å². The number of benzene rings is 1. The van der Waals surface area contributed by atoms with Gasteiger partial charge >= 0.3 is 5.97 Å². The molecule has 0 aliphatic heterocycles. The van der Waals surface area contributed by atoms with Gasteiger partial charge in [-0.2, -0.15) is 0 Å². The molecule has 17 nitrogen and oxygen atoms in total. The number of imidazole rings is 1. The lowest BCUT2D eigenvalue weighted by molar-refractivity contribution is -0.142. The summed E-state index contributed by atoms with van der Waals surface area (Å²) in [7, 11) is 0. The third-order valence-electron chi connectivity index (χ3n) is 6.94. The largest absolute Gasteiger partial charge is 0.480 e. The molecule has 0 fully saturated rings. The number of para-hydroxylation sites is 1. The van der Waals surface area contributed by atoms with Crippen molar-refractivity contribution < 1.29 is 29.1 Å². The van der Waals surface area contributed by atoms with Crippen LogP contribution in [0.1, 0.15) is 36.9 Å². The van der Waals surface area contributed by atoms with Crippen LogP contribution in [-0.2, 0) is 36.8 Å². The molecule has 14 N–H and O–H groups in total. The van der Waals surface area contributed by atoms with E-state index in [4.69, 9.17) is 22.9 Å². The van der Waals surface area contributed by atoms with Crippen molar-refractivity contribution in [2.75, 3.05) is 6.54 Å². The number of H-pyrrole nitrogens is 2. The number of nitrogens with one attached hydrogen (secondary N) is 5. The second-order valence-corrected chi connectivity index (χ2v) is 10.4. The number of primary amides is 1. The fourth-order valence-electron chi connectivity index (χ4n) is 4.60. The molecule has 3 aromatic rings. The molecule has 3 rings (SSSR count). The lowest BCUT2D eigenvalue weighted by Crippen LogP contribution is -2.58. The van der Waals surface area contributed by atoms with Gasteiger partial charge in [0.15, 0.2) is 5.96 Å². The van der Waals surface area contributed by atoms with Crippen LogP contribution in [0.3, 0.4) is 0 Å². The average molecular weight is 626 g/mol. The van der Waals surface area contributed by atoms with Crippen LogP contribution in [0.4, 0.5) is 0 Å². The number of aromatic amines is 2. The van der Waals surface area contributed by atoms with Gasteiger partial charge in [0.2, 0.25) is 23.6 Å². The maximum absolute atomic E-state index is 13.7. The van der Waals surface area contributed by atoms with E-state index in [9.17, 15) is 29.1 Å². The maximum Gasteiger partial charge on any atom is 0.326 e. The van der Waals surface area contributed by atoms with Crippen molar-refractivity contribution in [3.05, 3.63) is 54.2 Å². The molecule has 45 heavy (non-hydrogen) atoms. The zero-order valence-electron chi connectivity index (χ0n) is 24.5. The van der Waals surface area contributed by atoms with Gasteiger partial charge in [-0.1, -0.05) is 18.2 Å². The molecule has 242 valence electrons. The predicted octanol–water partition coefficient (Wildman–Crippen LogP) is -2.14. The quantitative estimate of drug-likeness (QED) is 0.0415. The zero-order chi connectivity index (χ0) is 32.9. The molecular weight excluding hydrogens is 586 g/mol. The molecule has 4 amide bonds. The van der Waals surface area contributed by atoms with Crippen LogP contribution < -0.4 is 38.9 Å². The molecule has 17 heteroatoms. The Morgan fingerprint density at radius 2 is 1.58 bits per heavy atom. The van der Waals surface area contributed by atoms with E-state index in [0.29, 0.717) is 11.3 Å². The number of hydrogen-bond donors (Lipinski definition) is 10. The number of carboxylic acids is 1. The summed E-state index contributed by atoms with van der Waals surface area (Å²) in [6.45, 7) is 0.140. The Morgan fingerprint density at radius 3 is 2.24 bits per heavy atom. The van der Waals surface area contributed by atoms with Gasteiger partial charge in [0.25, 0.3) is 0 Å². The molecular formula is C28H39N11O6. The van der Waals surface area contributed by atoms with Crippen LogP contribution >= 0.6 is 0 Å². The van der Waals surface area contributed by atoms with E-state index in [2.05, 4.69) is 35.9 Å². The molecule has 0 bridgehead atoms. The zero-order valence-corrected chi connectivity index (χ0v) is 24.5. The van der Waals surface area contributed by atoms with Gasteiger partial charge < -0.3 is 54.0 Å². The standard InChI is InChI=1S/C28H39N11O6/c29-18(11-16-13-33-14-36-16)24(41)39-22(10-15-12-35-19-5-2-1-4-17(15)19)26(43)37-20(7-8-23(30)40)25(42)38-21(27(44)45)6-3-9-34-28(31)32/h1-2,4-5,12-14,18,20-22,35H,3,6-11,29H2,(H2,30,40)(H,33,36)(H,37,43)(H,38,42)(H,39,41)(H,44,45)(H4,31,32,34). The molecule has 0 spiro atoms. The van der Waals surface area contributed by atoms with Crippen molar-refractivity contribution in [3.8, 4) is 0 Å². The summed E-state index contributed by atoms with van der Waals surface area (Å²) >= 11 is 0. The number of carbonyl (C=O) groups excluding carboxylic acids is 4. The number of fused-ring (bicyclic) bond motifs is 1. The lowest BCUT2D eigenvalue weighted by Gasteiger charge is -2.25. The highest BCUT2D eigenvalue weighted by atomic mass is 16.4. The molecule has 0 saturated heterocycles. The minimum Gasteiger partial charge on any atom is -0.480 e. The fraction of sp³-hybridized carbons (Fsp3) is 0.393. The Hall–Kier alpha value is -5.45. The van der Waals surface area contributed by atoms with Crippen LogP contribution in [0.25, 0.3) is 10.9 Å². The maximum atomic E-state index is 13.7. The number of aromatic nitrogens is 3. The fourth-order valence-corrected chi connectivity index (χ4v) is 4.60. The van der Waals surface area contributed by atoms with E-state index in [-0.39, 0.29) is 51.0 Å². The van der Waals surface area contributed by atoms with Crippen molar-refractivity contribution >= 4 is 46.5 Å². The first kappa shape index (κ1) is 34.0. The number of nitrogens with zero attached hydrogens (tertiary/aromatic N) is 2. The number of aliphatic carboxylic acids is 1. The van der Waals surface area contributed by atoms with Gasteiger partial charge in [-0.15, -0.1) is 0 Å². The highest BCUT2D eigenvalue weighted by Gasteiger charge is 2.31. The first-order valence-corrected chi connectivity index (χ1v) is 14.2. The van der Waals surface area contributed by atoms with E-state index in [1.54, 1.807) is 6.20 Å². The molecule has 4 atom stereocenters. The highest BCUT2D eigenvalue weighted by molar-refractivity contribution is 5.95. The molecule has 0 aliphatic rings. The van der Waals surface area contributed by atoms with Crippen LogP contribution in [0.2, 0.25) is 0 Å². The summed E-state index contributed by atoms with van der Waals surface area (Å²) in [5.41, 5.74) is 24.1. The number of carboxylic acid groups (broad SMARTS) is 1. The molecule has 0 saturated carbocycles. The van der Waals surface area contributed by atoms with Crippen LogP contribution in [0.15, 0.2) is 48.0 Å². The number of nitrogens with two attached hydrogens (primary N) is 4. The SMILES string of the molecule is NC(=O)CCC(NC(=O)C(Cc1c[nH]c2ccccc12)NC(=O)C(N)Cc1cnc[nH]1)C(=O)NC(CCCN=C(N)N)C(=O)O. The van der Waals surface area contributed by atoms with Gasteiger partial charge in [0.05, 0.1) is 12.4 Å². The van der Waals surface area contributed by atoms with E-state index in [1.807, 2.05) is 24.3 Å². The topological polar surface area (TPSA) is 303 Å². The third kappa shape index (κ3) is 10.6. The van der Waals surface area contributed by atoms with Crippen molar-refractivity contribution in [1.29, 1.82) is 0 Å². The van der Waals surface area contributed by atoms with Gasteiger partial charge in [0.1, 0.15) is 18.1 Å². The van der Waals surface area contributed by atoms with E-state index in [1.165, 1.54) is 12.5 Å². The summed E-state index contributed by atoms with van der Waals surface area (Å²) in [4.78, 5) is 77.1. The van der Waals surface area contributed by atoms with Crippen molar-refractivity contribution in [2.45, 2.75) is 62.7 Å². The third-order valence-corrected chi connectivity index (χ3v) is 6.94. The van der Waals surface area contributed by atoms with Crippen molar-refractivity contribution in [1.82, 2.24) is 30.9 Å². The summed E-state index contributed by atoms with van der Waals surface area (Å²) in [5, 5.41) is 18.1. The summed E-state index contributed by atoms with van der Waals surface area (Å²) in [5.74, 6) is -4.45. The molecule has 2 heterocycles. The minimum atomic E-state index is -1.36. The van der Waals surface area contributed by atoms with Crippen LogP contribution in [0.5, 0.6) is 0 Å². The van der Waals surface area contributed by atoms with Gasteiger partial charge in [-0.3, -0.25) is 24.2 Å². The van der Waals surface area contributed by atoms with Gasteiger partial charge in [-0.05, 0) is 30.9 Å².